The fraction of sp³-hybridized carbons (Fsp3) is 0.0625. The van der Waals surface area contributed by atoms with E-state index in [9.17, 15) is 0 Å². The molecule has 2 heterocycles. The van der Waals surface area contributed by atoms with Gasteiger partial charge in [0.1, 0.15) is 8.07 Å². The van der Waals surface area contributed by atoms with Crippen molar-refractivity contribution in [3.8, 4) is 0 Å². The van der Waals surface area contributed by atoms with Crippen LogP contribution in [0, 0.1) is 0 Å². The van der Waals surface area contributed by atoms with Crippen molar-refractivity contribution in [2.75, 3.05) is 4.90 Å². The van der Waals surface area contributed by atoms with Crippen molar-refractivity contribution >= 4 is 70.4 Å². The molecule has 172 valence electrons. The van der Waals surface area contributed by atoms with E-state index in [4.69, 9.17) is 0 Å². The van der Waals surface area contributed by atoms with Gasteiger partial charge in [0.15, 0.2) is 0 Å². The molecule has 0 aromatic heterocycles. The second kappa shape index (κ2) is 8.29. The molecule has 5 aromatic rings. The average Bonchev–Trinajstić information content (AvgIpc) is 2.92. The van der Waals surface area contributed by atoms with Crippen molar-refractivity contribution in [1.29, 1.82) is 0 Å². The van der Waals surface area contributed by atoms with Crippen molar-refractivity contribution in [2.45, 2.75) is 22.9 Å². The highest BCUT2D eigenvalue weighted by Crippen LogP contribution is 2.38. The number of anilines is 3. The van der Waals surface area contributed by atoms with E-state index in [1.165, 1.54) is 37.8 Å². The van der Waals surface area contributed by atoms with Crippen LogP contribution < -0.4 is 31.7 Å². The van der Waals surface area contributed by atoms with Gasteiger partial charge in [-0.15, -0.1) is 0 Å². The molecule has 36 heavy (non-hydrogen) atoms. The third-order valence-corrected chi connectivity index (χ3v) is 12.5. The summed E-state index contributed by atoms with van der Waals surface area (Å²) in [6.45, 7) is 5.37. The molecular formula is C32H26BNSSi. The molecule has 0 atom stereocenters. The number of nitrogens with zero attached hydrogens (tertiary/aromatic N) is 1. The molecule has 0 saturated heterocycles. The molecule has 7 rings (SSSR count). The van der Waals surface area contributed by atoms with Gasteiger partial charge in [-0.2, -0.15) is 0 Å². The largest absolute Gasteiger partial charge is 0.310 e. The Balaban J connectivity index is 1.53. The Labute approximate surface area is 218 Å². The van der Waals surface area contributed by atoms with E-state index in [2.05, 4.69) is 139 Å². The molecule has 0 fully saturated rings. The SMILES string of the molecule is C[Si]1(C)c2ccccc2B2c3ccccc3Sc3cc(N(c4ccccc4)c4ccccc4)cc1c32. The Kier molecular flexibility index (Phi) is 5.02. The van der Waals surface area contributed by atoms with Crippen molar-refractivity contribution in [1.82, 2.24) is 0 Å². The highest BCUT2D eigenvalue weighted by Gasteiger charge is 2.45. The maximum atomic E-state index is 2.53. The zero-order valence-corrected chi connectivity index (χ0v) is 22.3. The summed E-state index contributed by atoms with van der Waals surface area (Å²) in [4.78, 5) is 5.19. The Morgan fingerprint density at radius 3 is 1.83 bits per heavy atom. The second-order valence-corrected chi connectivity index (χ2v) is 15.6. The molecule has 4 heteroatoms. The first-order valence-corrected chi connectivity index (χ1v) is 16.4. The van der Waals surface area contributed by atoms with Gasteiger partial charge in [0.25, 0.3) is 0 Å². The summed E-state index contributed by atoms with van der Waals surface area (Å²) < 4.78 is 0. The minimum Gasteiger partial charge on any atom is -0.310 e. The van der Waals surface area contributed by atoms with Gasteiger partial charge in [-0.25, -0.2) is 0 Å². The number of hydrogen-bond acceptors (Lipinski definition) is 2. The van der Waals surface area contributed by atoms with Crippen molar-refractivity contribution in [3.05, 3.63) is 121 Å². The third kappa shape index (κ3) is 3.25. The third-order valence-electron chi connectivity index (χ3n) is 7.77. The topological polar surface area (TPSA) is 3.24 Å². The first kappa shape index (κ1) is 21.8. The smallest absolute Gasteiger partial charge is 0.243 e. The predicted molar refractivity (Wildman–Crippen MR) is 160 cm³/mol. The van der Waals surface area contributed by atoms with E-state index >= 15 is 0 Å². The summed E-state index contributed by atoms with van der Waals surface area (Å²) in [7, 11) is -1.93. The fourth-order valence-corrected chi connectivity index (χ4v) is 10.6. The molecule has 5 aromatic carbocycles. The van der Waals surface area contributed by atoms with Crippen LogP contribution in [0.5, 0.6) is 0 Å². The van der Waals surface area contributed by atoms with Crippen LogP contribution in [0.15, 0.2) is 131 Å². The van der Waals surface area contributed by atoms with Gasteiger partial charge in [0, 0.05) is 26.9 Å². The summed E-state index contributed by atoms with van der Waals surface area (Å²) in [5.41, 5.74) is 8.11. The average molecular weight is 496 g/mol. The van der Waals surface area contributed by atoms with Crippen LogP contribution in [-0.4, -0.2) is 14.8 Å². The van der Waals surface area contributed by atoms with Crippen LogP contribution in [0.1, 0.15) is 0 Å². The Morgan fingerprint density at radius 2 is 1.14 bits per heavy atom. The summed E-state index contributed by atoms with van der Waals surface area (Å²) >= 11 is 1.94. The lowest BCUT2D eigenvalue weighted by atomic mass is 9.36. The molecule has 0 unspecified atom stereocenters. The number of rotatable bonds is 3. The van der Waals surface area contributed by atoms with Gasteiger partial charge in [0.2, 0.25) is 6.71 Å². The van der Waals surface area contributed by atoms with Crippen LogP contribution in [0.25, 0.3) is 0 Å². The molecule has 0 bridgehead atoms. The molecule has 0 N–H and O–H groups in total. The molecular weight excluding hydrogens is 469 g/mol. The summed E-state index contributed by atoms with van der Waals surface area (Å²) in [5, 5.41) is 3.14. The van der Waals surface area contributed by atoms with E-state index in [-0.39, 0.29) is 0 Å². The first-order chi connectivity index (χ1) is 17.6. The van der Waals surface area contributed by atoms with Gasteiger partial charge in [-0.1, -0.05) is 130 Å². The molecule has 2 aliphatic rings. The zero-order valence-electron chi connectivity index (χ0n) is 20.5. The van der Waals surface area contributed by atoms with Crippen LogP contribution in [0.4, 0.5) is 17.1 Å². The summed E-state index contributed by atoms with van der Waals surface area (Å²) in [6.07, 6.45) is 0. The second-order valence-electron chi connectivity index (χ2n) is 10.2. The molecule has 0 saturated carbocycles. The van der Waals surface area contributed by atoms with Crippen molar-refractivity contribution < 1.29 is 0 Å². The van der Waals surface area contributed by atoms with Crippen LogP contribution in [0.2, 0.25) is 13.1 Å². The molecule has 2 aliphatic heterocycles. The first-order valence-electron chi connectivity index (χ1n) is 12.6. The van der Waals surface area contributed by atoms with Gasteiger partial charge >= 0.3 is 0 Å². The minimum atomic E-state index is -1.93. The van der Waals surface area contributed by atoms with Gasteiger partial charge < -0.3 is 4.90 Å². The van der Waals surface area contributed by atoms with Crippen LogP contribution in [0.3, 0.4) is 0 Å². The Hall–Kier alpha value is -3.47. The quantitative estimate of drug-likeness (QED) is 0.308. The van der Waals surface area contributed by atoms with Gasteiger partial charge in [-0.05, 0) is 42.5 Å². The lowest BCUT2D eigenvalue weighted by molar-refractivity contribution is 1.27. The number of fused-ring (bicyclic) bond motifs is 4. The van der Waals surface area contributed by atoms with E-state index in [1.54, 1.807) is 15.8 Å². The number of para-hydroxylation sites is 2. The molecule has 0 aliphatic carbocycles. The molecule has 0 amide bonds. The highest BCUT2D eigenvalue weighted by molar-refractivity contribution is 8.00. The Bertz CT molecular complexity index is 1560. The molecule has 1 nitrogen and oxygen atoms in total. The van der Waals surface area contributed by atoms with E-state index in [0.29, 0.717) is 6.71 Å². The molecule has 0 radical (unpaired) electrons. The minimum absolute atomic E-state index is 0.306. The molecule has 0 spiro atoms. The highest BCUT2D eigenvalue weighted by atomic mass is 32.2. The van der Waals surface area contributed by atoms with Crippen molar-refractivity contribution in [2.24, 2.45) is 0 Å². The van der Waals surface area contributed by atoms with Crippen LogP contribution in [-0.2, 0) is 0 Å². The predicted octanol–water partition coefficient (Wildman–Crippen LogP) is 5.27. The van der Waals surface area contributed by atoms with E-state index < -0.39 is 8.07 Å². The van der Waals surface area contributed by atoms with E-state index in [1.807, 2.05) is 11.8 Å². The Morgan fingerprint density at radius 1 is 0.556 bits per heavy atom. The lowest BCUT2D eigenvalue weighted by Crippen LogP contribution is -2.77. The monoisotopic (exact) mass is 495 g/mol. The zero-order chi connectivity index (χ0) is 24.3. The van der Waals surface area contributed by atoms with Crippen LogP contribution >= 0.6 is 11.8 Å². The van der Waals surface area contributed by atoms with Gasteiger partial charge in [-0.3, -0.25) is 0 Å². The standard InChI is InChI=1S/C32H26BNSSi/c1-36(2)30-20-12-10-18-27(30)33-26-17-9-11-19-28(26)35-29-21-25(22-31(36)32(29)33)34(23-13-5-3-6-14-23)24-15-7-4-8-16-24/h3-22H,1-2H3. The van der Waals surface area contributed by atoms with Gasteiger partial charge in [0.05, 0.1) is 0 Å². The fourth-order valence-electron chi connectivity index (χ4n) is 6.11. The normalized spacial score (nSPS) is 14.4. The maximum Gasteiger partial charge on any atom is 0.243 e. The number of hydrogen-bond donors (Lipinski definition) is 0. The lowest BCUT2D eigenvalue weighted by Gasteiger charge is -2.41. The van der Waals surface area contributed by atoms with E-state index in [0.717, 1.165) is 0 Å². The summed E-state index contributed by atoms with van der Waals surface area (Å²) in [5.74, 6) is 0. The van der Waals surface area contributed by atoms with Crippen molar-refractivity contribution in [3.63, 3.8) is 0 Å². The number of benzene rings is 5. The summed E-state index contributed by atoms with van der Waals surface area (Å²) in [6, 6.07) is 44.7. The maximum absolute atomic E-state index is 2.53.